The van der Waals surface area contributed by atoms with Gasteiger partial charge in [0, 0.05) is 12.1 Å². The molecule has 2 aromatic rings. The molecule has 7 heteroatoms. The van der Waals surface area contributed by atoms with E-state index in [4.69, 9.17) is 0 Å². The number of hydrogen-bond acceptors (Lipinski definition) is 3. The van der Waals surface area contributed by atoms with E-state index in [0.717, 1.165) is 37.1 Å². The molecule has 1 aliphatic rings. The quantitative estimate of drug-likeness (QED) is 0.916. The van der Waals surface area contributed by atoms with Crippen LogP contribution in [-0.2, 0) is 25.6 Å². The van der Waals surface area contributed by atoms with Gasteiger partial charge in [-0.2, -0.15) is 13.2 Å². The fraction of sp³-hybridized carbons (Fsp3) is 0.333. The second-order valence-corrected chi connectivity index (χ2v) is 5.25. The van der Waals surface area contributed by atoms with E-state index in [9.17, 15) is 18.0 Å². The highest BCUT2D eigenvalue weighted by molar-refractivity contribution is 5.34. The first-order chi connectivity index (χ1) is 10.4. The Labute approximate surface area is 124 Å². The molecule has 0 unspecified atom stereocenters. The number of anilines is 1. The third-order valence-corrected chi connectivity index (χ3v) is 3.66. The second kappa shape index (κ2) is 5.47. The van der Waals surface area contributed by atoms with E-state index in [1.165, 1.54) is 6.07 Å². The molecule has 1 heterocycles. The average molecular weight is 309 g/mol. The minimum atomic E-state index is -4.36. The first-order valence-corrected chi connectivity index (χ1v) is 6.95. The van der Waals surface area contributed by atoms with Crippen molar-refractivity contribution < 1.29 is 13.2 Å². The zero-order valence-corrected chi connectivity index (χ0v) is 11.6. The standard InChI is InChI=1S/C15H14F3N3O/c16-15(17,18)10-4-1-3-9(7-10)8-19-14-20-12-6-2-5-11(12)13(22)21-14/h1,3-4,7H,2,5-6,8H2,(H2,19,20,21,22). The summed E-state index contributed by atoms with van der Waals surface area (Å²) in [5.74, 6) is 0.295. The van der Waals surface area contributed by atoms with E-state index in [-0.39, 0.29) is 12.1 Å². The molecule has 3 rings (SSSR count). The highest BCUT2D eigenvalue weighted by atomic mass is 19.4. The Hall–Kier alpha value is -2.31. The summed E-state index contributed by atoms with van der Waals surface area (Å²) < 4.78 is 38.0. The molecule has 116 valence electrons. The molecule has 0 bridgehead atoms. The van der Waals surface area contributed by atoms with Gasteiger partial charge in [-0.25, -0.2) is 4.98 Å². The second-order valence-electron chi connectivity index (χ2n) is 5.25. The van der Waals surface area contributed by atoms with Crippen LogP contribution in [0, 0.1) is 0 Å². The highest BCUT2D eigenvalue weighted by Gasteiger charge is 2.30. The number of aromatic amines is 1. The Bertz CT molecular complexity index is 752. The maximum absolute atomic E-state index is 12.7. The molecule has 0 amide bonds. The molecule has 0 saturated carbocycles. The number of H-pyrrole nitrogens is 1. The number of aryl methyl sites for hydroxylation is 1. The zero-order valence-electron chi connectivity index (χ0n) is 11.6. The van der Waals surface area contributed by atoms with Crippen molar-refractivity contribution in [2.45, 2.75) is 32.0 Å². The van der Waals surface area contributed by atoms with Crippen LogP contribution in [0.1, 0.15) is 28.8 Å². The number of rotatable bonds is 3. The Morgan fingerprint density at radius 1 is 1.27 bits per heavy atom. The third kappa shape index (κ3) is 2.98. The van der Waals surface area contributed by atoms with Crippen molar-refractivity contribution in [3.63, 3.8) is 0 Å². The molecule has 2 N–H and O–H groups in total. The highest BCUT2D eigenvalue weighted by Crippen LogP contribution is 2.29. The molecule has 0 spiro atoms. The minimum Gasteiger partial charge on any atom is -0.352 e. The number of benzene rings is 1. The van der Waals surface area contributed by atoms with Crippen LogP contribution in [0.4, 0.5) is 19.1 Å². The first kappa shape index (κ1) is 14.6. The van der Waals surface area contributed by atoms with Gasteiger partial charge < -0.3 is 5.32 Å². The molecule has 1 aliphatic carbocycles. The number of fused-ring (bicyclic) bond motifs is 1. The van der Waals surface area contributed by atoms with Gasteiger partial charge in [-0.1, -0.05) is 12.1 Å². The molecule has 0 atom stereocenters. The number of alkyl halides is 3. The number of aromatic nitrogens is 2. The van der Waals surface area contributed by atoms with Crippen molar-refractivity contribution in [3.05, 3.63) is 57.0 Å². The number of nitrogens with one attached hydrogen (secondary N) is 2. The zero-order chi connectivity index (χ0) is 15.7. The molecule has 4 nitrogen and oxygen atoms in total. The van der Waals surface area contributed by atoms with Gasteiger partial charge in [-0.3, -0.25) is 9.78 Å². The van der Waals surface area contributed by atoms with Crippen LogP contribution in [0.2, 0.25) is 0 Å². The molecule has 1 aromatic carbocycles. The Kier molecular flexibility index (Phi) is 3.64. The predicted octanol–water partition coefficient (Wildman–Crippen LogP) is 2.89. The third-order valence-electron chi connectivity index (χ3n) is 3.66. The molecule has 22 heavy (non-hydrogen) atoms. The van der Waals surface area contributed by atoms with Crippen molar-refractivity contribution in [2.75, 3.05) is 5.32 Å². The lowest BCUT2D eigenvalue weighted by molar-refractivity contribution is -0.137. The Morgan fingerprint density at radius 2 is 2.09 bits per heavy atom. The normalized spacial score (nSPS) is 14.0. The maximum atomic E-state index is 12.7. The summed E-state index contributed by atoms with van der Waals surface area (Å²) in [4.78, 5) is 18.8. The average Bonchev–Trinajstić information content (AvgIpc) is 2.93. The van der Waals surface area contributed by atoms with Gasteiger partial charge in [0.05, 0.1) is 11.3 Å². The SMILES string of the molecule is O=c1[nH]c(NCc2cccc(C(F)(F)F)c2)nc2c1CCC2. The molecule has 0 radical (unpaired) electrons. The van der Waals surface area contributed by atoms with Gasteiger partial charge in [0.15, 0.2) is 0 Å². The molecule has 1 aromatic heterocycles. The van der Waals surface area contributed by atoms with Gasteiger partial charge in [0.25, 0.3) is 5.56 Å². The summed E-state index contributed by atoms with van der Waals surface area (Å²) in [6.07, 6.45) is -1.97. The lowest BCUT2D eigenvalue weighted by Crippen LogP contribution is -2.17. The van der Waals surface area contributed by atoms with E-state index in [0.29, 0.717) is 17.1 Å². The van der Waals surface area contributed by atoms with Crippen LogP contribution in [0.15, 0.2) is 29.1 Å². The lowest BCUT2D eigenvalue weighted by atomic mass is 10.1. The van der Waals surface area contributed by atoms with Gasteiger partial charge in [0.1, 0.15) is 0 Å². The van der Waals surface area contributed by atoms with Crippen molar-refractivity contribution in [2.24, 2.45) is 0 Å². The number of hydrogen-bond donors (Lipinski definition) is 2. The fourth-order valence-corrected chi connectivity index (χ4v) is 2.57. The number of halogens is 3. The first-order valence-electron chi connectivity index (χ1n) is 6.95. The molecule has 0 saturated heterocycles. The molecule has 0 fully saturated rings. The smallest absolute Gasteiger partial charge is 0.352 e. The summed E-state index contributed by atoms with van der Waals surface area (Å²) in [7, 11) is 0. The monoisotopic (exact) mass is 309 g/mol. The Morgan fingerprint density at radius 3 is 2.86 bits per heavy atom. The van der Waals surface area contributed by atoms with Crippen molar-refractivity contribution in [1.82, 2.24) is 9.97 Å². The van der Waals surface area contributed by atoms with Crippen molar-refractivity contribution in [1.29, 1.82) is 0 Å². The summed E-state index contributed by atoms with van der Waals surface area (Å²) in [6, 6.07) is 5.06. The van der Waals surface area contributed by atoms with Crippen molar-refractivity contribution in [3.8, 4) is 0 Å². The Balaban J connectivity index is 1.76. The largest absolute Gasteiger partial charge is 0.416 e. The lowest BCUT2D eigenvalue weighted by Gasteiger charge is -2.10. The van der Waals surface area contributed by atoms with E-state index in [1.54, 1.807) is 6.07 Å². The van der Waals surface area contributed by atoms with Gasteiger partial charge in [0.2, 0.25) is 5.95 Å². The molecular weight excluding hydrogens is 295 g/mol. The minimum absolute atomic E-state index is 0.158. The van der Waals surface area contributed by atoms with Crippen LogP contribution in [0.25, 0.3) is 0 Å². The molecular formula is C15H14F3N3O. The van der Waals surface area contributed by atoms with Crippen molar-refractivity contribution >= 4 is 5.95 Å². The van der Waals surface area contributed by atoms with E-state index < -0.39 is 11.7 Å². The van der Waals surface area contributed by atoms with Crippen LogP contribution >= 0.6 is 0 Å². The van der Waals surface area contributed by atoms with Gasteiger partial charge in [-0.15, -0.1) is 0 Å². The predicted molar refractivity (Wildman–Crippen MR) is 75.7 cm³/mol. The van der Waals surface area contributed by atoms with E-state index in [1.807, 2.05) is 0 Å². The van der Waals surface area contributed by atoms with E-state index in [2.05, 4.69) is 15.3 Å². The summed E-state index contributed by atoms with van der Waals surface area (Å²) in [6.45, 7) is 0.158. The molecule has 0 aliphatic heterocycles. The topological polar surface area (TPSA) is 57.8 Å². The summed E-state index contributed by atoms with van der Waals surface area (Å²) in [5, 5.41) is 2.88. The number of nitrogens with zero attached hydrogens (tertiary/aromatic N) is 1. The van der Waals surface area contributed by atoms with Gasteiger partial charge in [-0.05, 0) is 37.0 Å². The summed E-state index contributed by atoms with van der Waals surface area (Å²) >= 11 is 0. The maximum Gasteiger partial charge on any atom is 0.416 e. The van der Waals surface area contributed by atoms with Crippen LogP contribution < -0.4 is 10.9 Å². The van der Waals surface area contributed by atoms with Crippen LogP contribution in [0.5, 0.6) is 0 Å². The fourth-order valence-electron chi connectivity index (χ4n) is 2.57. The van der Waals surface area contributed by atoms with Gasteiger partial charge >= 0.3 is 6.18 Å². The van der Waals surface area contributed by atoms with Crippen LogP contribution in [-0.4, -0.2) is 9.97 Å². The van der Waals surface area contributed by atoms with Crippen LogP contribution in [0.3, 0.4) is 0 Å². The van der Waals surface area contributed by atoms with E-state index >= 15 is 0 Å². The summed E-state index contributed by atoms with van der Waals surface area (Å²) in [5.41, 5.74) is 1.09.